The Bertz CT molecular complexity index is 773. The Morgan fingerprint density at radius 1 is 1.15 bits per heavy atom. The van der Waals surface area contributed by atoms with Gasteiger partial charge < -0.3 is 15.8 Å². The summed E-state index contributed by atoms with van der Waals surface area (Å²) < 4.78 is 52.7. The molecule has 0 unspecified atom stereocenters. The van der Waals surface area contributed by atoms with E-state index in [9.17, 15) is 16.8 Å². The average Bonchev–Trinajstić information content (AvgIpc) is 2.50. The van der Waals surface area contributed by atoms with Crippen LogP contribution in [0.2, 0.25) is 0 Å². The first-order valence-electron chi connectivity index (χ1n) is 8.03. The number of unbranched alkanes of at least 4 members (excludes halogenated alkanes) is 1. The van der Waals surface area contributed by atoms with Gasteiger partial charge in [-0.25, -0.2) is 16.8 Å². The number of nitrogens with one attached hydrogen (secondary N) is 1. The van der Waals surface area contributed by atoms with Gasteiger partial charge in [0.05, 0.1) is 24.7 Å². The molecule has 0 spiro atoms. The van der Waals surface area contributed by atoms with Gasteiger partial charge in [0.25, 0.3) is 0 Å². The number of hydrogen-bond donors (Lipinski definition) is 2. The molecule has 148 valence electrons. The molecule has 0 radical (unpaired) electrons. The van der Waals surface area contributed by atoms with E-state index in [4.69, 9.17) is 10.5 Å². The summed E-state index contributed by atoms with van der Waals surface area (Å²) in [6.07, 6.45) is 3.68. The average molecular weight is 407 g/mol. The highest BCUT2D eigenvalue weighted by molar-refractivity contribution is 8.09. The minimum Gasteiger partial charge on any atom is -0.492 e. The van der Waals surface area contributed by atoms with Crippen LogP contribution in [-0.2, 0) is 20.0 Å². The summed E-state index contributed by atoms with van der Waals surface area (Å²) in [4.78, 5) is 4.14. The zero-order chi connectivity index (χ0) is 19.8. The lowest BCUT2D eigenvalue weighted by Gasteiger charge is -2.19. The second-order valence-electron chi connectivity index (χ2n) is 5.61. The molecule has 0 amide bonds. The van der Waals surface area contributed by atoms with Gasteiger partial charge in [0.2, 0.25) is 20.0 Å². The number of guanidine groups is 1. The Balaban J connectivity index is 2.62. The summed E-state index contributed by atoms with van der Waals surface area (Å²) >= 11 is 0. The smallest absolute Gasteiger partial charge is 0.245 e. The summed E-state index contributed by atoms with van der Waals surface area (Å²) in [5, 5.41) is 2.92. The quantitative estimate of drug-likeness (QED) is 0.328. The fraction of sp³-hybridized carbons (Fsp3) is 0.533. The van der Waals surface area contributed by atoms with Crippen molar-refractivity contribution in [3.8, 4) is 5.75 Å². The second kappa shape index (κ2) is 9.62. The highest BCUT2D eigenvalue weighted by Gasteiger charge is 2.27. The Labute approximate surface area is 155 Å². The fourth-order valence-electron chi connectivity index (χ4n) is 2.05. The van der Waals surface area contributed by atoms with Crippen molar-refractivity contribution in [3.63, 3.8) is 0 Å². The Kier molecular flexibility index (Phi) is 8.15. The van der Waals surface area contributed by atoms with Gasteiger partial charge >= 0.3 is 0 Å². The van der Waals surface area contributed by atoms with Crippen LogP contribution < -0.4 is 19.5 Å². The Hall–Kier alpha value is -2.01. The molecule has 26 heavy (non-hydrogen) atoms. The number of benzene rings is 1. The van der Waals surface area contributed by atoms with Gasteiger partial charge in [0, 0.05) is 6.54 Å². The van der Waals surface area contributed by atoms with E-state index in [1.54, 1.807) is 0 Å². The Morgan fingerprint density at radius 2 is 1.73 bits per heavy atom. The van der Waals surface area contributed by atoms with Crippen LogP contribution >= 0.6 is 0 Å². The van der Waals surface area contributed by atoms with Gasteiger partial charge in [0.1, 0.15) is 12.4 Å². The SMILES string of the molecule is CCCCN=C(N)NCCOc1ccc(N(S(C)(=O)=O)S(C)(=O)=O)cc1. The van der Waals surface area contributed by atoms with Crippen LogP contribution in [0.1, 0.15) is 19.8 Å². The number of ether oxygens (including phenoxy) is 1. The van der Waals surface area contributed by atoms with Gasteiger partial charge in [-0.15, -0.1) is 0 Å². The first-order chi connectivity index (χ1) is 12.1. The molecule has 1 aromatic carbocycles. The molecule has 1 rings (SSSR count). The van der Waals surface area contributed by atoms with Crippen molar-refractivity contribution < 1.29 is 21.6 Å². The van der Waals surface area contributed by atoms with E-state index < -0.39 is 20.0 Å². The van der Waals surface area contributed by atoms with Crippen molar-refractivity contribution in [2.75, 3.05) is 35.9 Å². The van der Waals surface area contributed by atoms with E-state index in [1.807, 2.05) is 0 Å². The molecule has 0 bridgehead atoms. The number of anilines is 1. The number of nitrogens with two attached hydrogens (primary N) is 1. The number of aliphatic imine (C=N–C) groups is 1. The van der Waals surface area contributed by atoms with E-state index in [1.165, 1.54) is 24.3 Å². The van der Waals surface area contributed by atoms with E-state index in [2.05, 4.69) is 17.2 Å². The highest BCUT2D eigenvalue weighted by atomic mass is 32.3. The molecule has 1 aromatic rings. The van der Waals surface area contributed by atoms with Gasteiger partial charge in [-0.2, -0.15) is 3.71 Å². The predicted octanol–water partition coefficient (Wildman–Crippen LogP) is 0.495. The largest absolute Gasteiger partial charge is 0.492 e. The molecule has 0 aliphatic heterocycles. The molecule has 0 fully saturated rings. The van der Waals surface area contributed by atoms with Gasteiger partial charge in [-0.05, 0) is 30.7 Å². The third-order valence-electron chi connectivity index (χ3n) is 3.12. The predicted molar refractivity (Wildman–Crippen MR) is 104 cm³/mol. The van der Waals surface area contributed by atoms with Crippen LogP contribution in [0.5, 0.6) is 5.75 Å². The molecule has 0 atom stereocenters. The number of nitrogens with zero attached hydrogens (tertiary/aromatic N) is 2. The summed E-state index contributed by atoms with van der Waals surface area (Å²) in [6.45, 7) is 3.51. The van der Waals surface area contributed by atoms with Crippen molar-refractivity contribution in [3.05, 3.63) is 24.3 Å². The normalized spacial score (nSPS) is 12.7. The number of rotatable bonds is 10. The van der Waals surface area contributed by atoms with Crippen molar-refractivity contribution in [1.29, 1.82) is 0 Å². The van der Waals surface area contributed by atoms with E-state index in [0.29, 0.717) is 35.1 Å². The van der Waals surface area contributed by atoms with Crippen LogP contribution in [-0.4, -0.2) is 55.0 Å². The molecular weight excluding hydrogens is 380 g/mol. The minimum absolute atomic E-state index is 0.0211. The molecule has 0 aliphatic carbocycles. The highest BCUT2D eigenvalue weighted by Crippen LogP contribution is 2.23. The topological polar surface area (TPSA) is 131 Å². The fourth-order valence-corrected chi connectivity index (χ4v) is 5.03. The third-order valence-corrected chi connectivity index (χ3v) is 6.37. The van der Waals surface area contributed by atoms with Crippen LogP contribution in [0.4, 0.5) is 5.69 Å². The number of hydrogen-bond acceptors (Lipinski definition) is 6. The monoisotopic (exact) mass is 406 g/mol. The Morgan fingerprint density at radius 3 is 2.23 bits per heavy atom. The molecule has 0 saturated carbocycles. The molecule has 0 aromatic heterocycles. The summed E-state index contributed by atoms with van der Waals surface area (Å²) in [5.74, 6) is 0.827. The van der Waals surface area contributed by atoms with Crippen LogP contribution in [0.25, 0.3) is 0 Å². The third kappa shape index (κ3) is 7.48. The van der Waals surface area contributed by atoms with Gasteiger partial charge in [-0.1, -0.05) is 13.3 Å². The lowest BCUT2D eigenvalue weighted by atomic mass is 10.3. The molecule has 9 nitrogen and oxygen atoms in total. The summed E-state index contributed by atoms with van der Waals surface area (Å²) in [5.41, 5.74) is 5.71. The van der Waals surface area contributed by atoms with Gasteiger partial charge in [-0.3, -0.25) is 4.99 Å². The maximum absolute atomic E-state index is 11.7. The molecule has 0 heterocycles. The zero-order valence-corrected chi connectivity index (χ0v) is 16.8. The molecule has 11 heteroatoms. The lowest BCUT2D eigenvalue weighted by molar-refractivity contribution is 0.322. The van der Waals surface area contributed by atoms with Crippen molar-refractivity contribution in [2.24, 2.45) is 10.7 Å². The maximum Gasteiger partial charge on any atom is 0.245 e. The van der Waals surface area contributed by atoms with Crippen LogP contribution in [0.3, 0.4) is 0 Å². The zero-order valence-electron chi connectivity index (χ0n) is 15.2. The minimum atomic E-state index is -3.96. The van der Waals surface area contributed by atoms with E-state index >= 15 is 0 Å². The molecule has 0 aliphatic rings. The lowest BCUT2D eigenvalue weighted by Crippen LogP contribution is -2.35. The van der Waals surface area contributed by atoms with Crippen molar-refractivity contribution in [2.45, 2.75) is 19.8 Å². The van der Waals surface area contributed by atoms with E-state index in [0.717, 1.165) is 25.4 Å². The summed E-state index contributed by atoms with van der Waals surface area (Å²) in [7, 11) is -7.92. The van der Waals surface area contributed by atoms with Crippen molar-refractivity contribution in [1.82, 2.24) is 5.32 Å². The molecular formula is C15H26N4O5S2. The van der Waals surface area contributed by atoms with Crippen LogP contribution in [0.15, 0.2) is 29.3 Å². The second-order valence-corrected chi connectivity index (χ2v) is 9.51. The number of sulfonamides is 2. The van der Waals surface area contributed by atoms with Crippen LogP contribution in [0, 0.1) is 0 Å². The first kappa shape index (κ1) is 22.0. The maximum atomic E-state index is 11.7. The van der Waals surface area contributed by atoms with Gasteiger partial charge in [0.15, 0.2) is 5.96 Å². The molecule has 3 N–H and O–H groups in total. The molecule has 0 saturated heterocycles. The standard InChI is InChI=1S/C15H26N4O5S2/c1-4-5-10-17-15(16)18-11-12-24-14-8-6-13(7-9-14)19(25(2,20)21)26(3,22)23/h6-9H,4-5,10-12H2,1-3H3,(H3,16,17,18). The first-order valence-corrected chi connectivity index (χ1v) is 11.7. The van der Waals surface area contributed by atoms with E-state index in [-0.39, 0.29) is 5.69 Å². The van der Waals surface area contributed by atoms with Crippen molar-refractivity contribution >= 4 is 31.7 Å². The summed E-state index contributed by atoms with van der Waals surface area (Å²) in [6, 6.07) is 5.73.